The third-order valence-corrected chi connectivity index (χ3v) is 5.28. The highest BCUT2D eigenvalue weighted by molar-refractivity contribution is 6.10. The van der Waals surface area contributed by atoms with Gasteiger partial charge in [-0.25, -0.2) is 18.7 Å². The molecule has 2 heterocycles. The molecule has 0 amide bonds. The monoisotopic (exact) mass is 428 g/mol. The Labute approximate surface area is 176 Å². The van der Waals surface area contributed by atoms with Crippen molar-refractivity contribution < 1.29 is 23.8 Å². The number of halogens is 2. The van der Waals surface area contributed by atoms with Crippen LogP contribution in [0.2, 0.25) is 0 Å². The summed E-state index contributed by atoms with van der Waals surface area (Å²) >= 11 is 0. The maximum Gasteiger partial charge on any atom is 0.218 e. The van der Waals surface area contributed by atoms with Gasteiger partial charge < -0.3 is 15.5 Å². The lowest BCUT2D eigenvalue weighted by atomic mass is 10.1. The van der Waals surface area contributed by atoms with Gasteiger partial charge in [-0.05, 0) is 43.0 Å². The van der Waals surface area contributed by atoms with Crippen LogP contribution in [-0.2, 0) is 6.54 Å². The van der Waals surface area contributed by atoms with Crippen LogP contribution in [0.1, 0.15) is 28.0 Å². The quantitative estimate of drug-likeness (QED) is 0.511. The van der Waals surface area contributed by atoms with E-state index in [1.54, 1.807) is 6.20 Å². The molecule has 3 N–H and O–H groups in total. The Balaban J connectivity index is 1.52. The van der Waals surface area contributed by atoms with Crippen molar-refractivity contribution in [3.8, 4) is 0 Å². The van der Waals surface area contributed by atoms with Gasteiger partial charge in [0, 0.05) is 12.4 Å². The first-order valence-electron chi connectivity index (χ1n) is 9.61. The summed E-state index contributed by atoms with van der Waals surface area (Å²) in [7, 11) is 0. The molecule has 2 aromatic heterocycles. The van der Waals surface area contributed by atoms with Gasteiger partial charge in [-0.2, -0.15) is 5.10 Å². The van der Waals surface area contributed by atoms with Crippen LogP contribution < -0.4 is 5.32 Å². The zero-order valence-electron chi connectivity index (χ0n) is 16.3. The zero-order valence-corrected chi connectivity index (χ0v) is 16.3. The summed E-state index contributed by atoms with van der Waals surface area (Å²) in [6, 6.07) is 4.52. The Morgan fingerprint density at radius 2 is 2.03 bits per heavy atom. The standard InChI is InChI=1S/C21H20F2N5O3/c1-11-6-17(20(31)18(11)29)26-21-13(8-24-10-25-21)19(30)16-4-5-28(27-16)9-12-2-3-14(22)15(23)7-12/h2-5,7-8,10-11,17-18,20,29,31H,1,6,9H2,(H,24,25,26)/t11-,17-,18-,20-/m1/s1. The summed E-state index contributed by atoms with van der Waals surface area (Å²) in [4.78, 5) is 21.0. The van der Waals surface area contributed by atoms with Crippen molar-refractivity contribution in [1.82, 2.24) is 19.7 Å². The SMILES string of the molecule is [CH2][C@@H]1C[C@@H](Nc2ncncc2C(=O)c2ccn(Cc3ccc(F)c(F)c3)n2)[C@@H](O)[C@@H]1O. The van der Waals surface area contributed by atoms with Crippen LogP contribution in [0, 0.1) is 24.5 Å². The summed E-state index contributed by atoms with van der Waals surface area (Å²) in [6.07, 6.45) is 2.55. The van der Waals surface area contributed by atoms with E-state index in [4.69, 9.17) is 0 Å². The fourth-order valence-electron chi connectivity index (χ4n) is 3.59. The minimum atomic E-state index is -1.05. The topological polar surface area (TPSA) is 113 Å². The number of rotatable bonds is 6. The van der Waals surface area contributed by atoms with E-state index in [0.717, 1.165) is 12.1 Å². The van der Waals surface area contributed by atoms with E-state index < -0.39 is 35.7 Å². The Morgan fingerprint density at radius 1 is 1.23 bits per heavy atom. The number of nitrogens with one attached hydrogen (secondary N) is 1. The molecular weight excluding hydrogens is 408 g/mol. The summed E-state index contributed by atoms with van der Waals surface area (Å²) < 4.78 is 27.9. The normalized spacial score (nSPS) is 23.1. The lowest BCUT2D eigenvalue weighted by molar-refractivity contribution is 0.0256. The number of ketones is 1. The third kappa shape index (κ3) is 4.30. The number of carbonyl (C=O) groups is 1. The van der Waals surface area contributed by atoms with Gasteiger partial charge in [-0.1, -0.05) is 6.07 Å². The second kappa shape index (κ2) is 8.48. The van der Waals surface area contributed by atoms with Gasteiger partial charge in [0.1, 0.15) is 23.9 Å². The van der Waals surface area contributed by atoms with Crippen LogP contribution >= 0.6 is 0 Å². The predicted molar refractivity (Wildman–Crippen MR) is 106 cm³/mol. The predicted octanol–water partition coefficient (Wildman–Crippen LogP) is 1.59. The van der Waals surface area contributed by atoms with Gasteiger partial charge in [-0.3, -0.25) is 9.48 Å². The maximum absolute atomic E-state index is 13.4. The number of benzene rings is 1. The van der Waals surface area contributed by atoms with Crippen molar-refractivity contribution in [1.29, 1.82) is 0 Å². The first kappa shape index (κ1) is 21.0. The summed E-state index contributed by atoms with van der Waals surface area (Å²) in [6.45, 7) is 3.96. The molecule has 161 valence electrons. The molecule has 1 aliphatic carbocycles. The molecule has 1 saturated carbocycles. The Hall–Kier alpha value is -3.24. The number of aliphatic hydroxyl groups excluding tert-OH is 2. The average Bonchev–Trinajstić information content (AvgIpc) is 3.31. The molecule has 0 bridgehead atoms. The fraction of sp³-hybridized carbons (Fsp3) is 0.286. The molecule has 10 heteroatoms. The van der Waals surface area contributed by atoms with E-state index in [1.165, 1.54) is 29.3 Å². The first-order valence-corrected chi connectivity index (χ1v) is 9.61. The van der Waals surface area contributed by atoms with Crippen LogP contribution in [-0.4, -0.2) is 54.0 Å². The molecule has 8 nitrogen and oxygen atoms in total. The zero-order chi connectivity index (χ0) is 22.1. The molecule has 1 radical (unpaired) electrons. The van der Waals surface area contributed by atoms with Crippen molar-refractivity contribution in [2.24, 2.45) is 5.92 Å². The summed E-state index contributed by atoms with van der Waals surface area (Å²) in [5.74, 6) is -2.48. The highest BCUT2D eigenvalue weighted by Crippen LogP contribution is 2.29. The molecule has 4 atom stereocenters. The van der Waals surface area contributed by atoms with Gasteiger partial charge in [0.15, 0.2) is 11.6 Å². The van der Waals surface area contributed by atoms with Crippen molar-refractivity contribution in [3.05, 3.63) is 78.4 Å². The van der Waals surface area contributed by atoms with Crippen LogP contribution in [0.15, 0.2) is 43.0 Å². The number of hydrogen-bond donors (Lipinski definition) is 3. The van der Waals surface area contributed by atoms with E-state index in [9.17, 15) is 23.8 Å². The molecule has 1 aliphatic rings. The molecule has 0 saturated heterocycles. The molecular formula is C21H20F2N5O3. The second-order valence-corrected chi connectivity index (χ2v) is 7.49. The minimum absolute atomic E-state index is 0.113. The molecule has 1 aromatic carbocycles. The summed E-state index contributed by atoms with van der Waals surface area (Å²) in [5, 5.41) is 27.3. The van der Waals surface area contributed by atoms with E-state index in [-0.39, 0.29) is 29.5 Å². The number of aromatic nitrogens is 4. The lowest BCUT2D eigenvalue weighted by Gasteiger charge is -2.19. The van der Waals surface area contributed by atoms with Crippen LogP contribution in [0.5, 0.6) is 0 Å². The van der Waals surface area contributed by atoms with Crippen LogP contribution in [0.4, 0.5) is 14.6 Å². The number of anilines is 1. The Morgan fingerprint density at radius 3 is 2.74 bits per heavy atom. The van der Waals surface area contributed by atoms with Crippen LogP contribution in [0.3, 0.4) is 0 Å². The maximum atomic E-state index is 13.4. The van der Waals surface area contributed by atoms with Crippen LogP contribution in [0.25, 0.3) is 0 Å². The molecule has 1 fully saturated rings. The van der Waals surface area contributed by atoms with E-state index >= 15 is 0 Å². The minimum Gasteiger partial charge on any atom is -0.390 e. The van der Waals surface area contributed by atoms with Crippen molar-refractivity contribution in [3.63, 3.8) is 0 Å². The van der Waals surface area contributed by atoms with Gasteiger partial charge in [0.25, 0.3) is 0 Å². The number of carbonyl (C=O) groups excluding carboxylic acids is 1. The Bertz CT molecular complexity index is 1110. The highest BCUT2D eigenvalue weighted by Gasteiger charge is 2.39. The van der Waals surface area contributed by atoms with Crippen molar-refractivity contribution in [2.75, 3.05) is 5.32 Å². The van der Waals surface area contributed by atoms with Gasteiger partial charge in [-0.15, -0.1) is 0 Å². The first-order chi connectivity index (χ1) is 14.8. The molecule has 3 aromatic rings. The lowest BCUT2D eigenvalue weighted by Crippen LogP contribution is -2.35. The molecule has 31 heavy (non-hydrogen) atoms. The van der Waals surface area contributed by atoms with Crippen molar-refractivity contribution >= 4 is 11.6 Å². The summed E-state index contributed by atoms with van der Waals surface area (Å²) in [5.41, 5.74) is 0.750. The molecule has 0 spiro atoms. The van der Waals surface area contributed by atoms with Gasteiger partial charge in [0.05, 0.1) is 24.3 Å². The largest absolute Gasteiger partial charge is 0.390 e. The molecule has 4 rings (SSSR count). The molecule has 0 unspecified atom stereocenters. The smallest absolute Gasteiger partial charge is 0.218 e. The van der Waals surface area contributed by atoms with Gasteiger partial charge >= 0.3 is 0 Å². The second-order valence-electron chi connectivity index (χ2n) is 7.49. The third-order valence-electron chi connectivity index (χ3n) is 5.28. The fourth-order valence-corrected chi connectivity index (χ4v) is 3.59. The van der Waals surface area contributed by atoms with E-state index in [0.29, 0.717) is 12.0 Å². The van der Waals surface area contributed by atoms with Gasteiger partial charge in [0.2, 0.25) is 5.78 Å². The number of nitrogens with zero attached hydrogens (tertiary/aromatic N) is 4. The van der Waals surface area contributed by atoms with E-state index in [1.807, 2.05) is 0 Å². The number of aliphatic hydroxyl groups is 2. The van der Waals surface area contributed by atoms with E-state index in [2.05, 4.69) is 27.3 Å². The average molecular weight is 428 g/mol. The highest BCUT2D eigenvalue weighted by atomic mass is 19.2. The van der Waals surface area contributed by atoms with Crippen molar-refractivity contribution in [2.45, 2.75) is 31.2 Å². The number of hydrogen-bond acceptors (Lipinski definition) is 7. The molecule has 0 aliphatic heterocycles. The Kier molecular flexibility index (Phi) is 5.75.